The van der Waals surface area contributed by atoms with Gasteiger partial charge >= 0.3 is 0 Å². The summed E-state index contributed by atoms with van der Waals surface area (Å²) in [6.45, 7) is 7.95. The Hall–Kier alpha value is -0.0900. The van der Waals surface area contributed by atoms with Crippen LogP contribution in [0.2, 0.25) is 4.34 Å². The Morgan fingerprint density at radius 1 is 1.50 bits per heavy atom. The van der Waals surface area contributed by atoms with Gasteiger partial charge in [0.1, 0.15) is 0 Å². The summed E-state index contributed by atoms with van der Waals surface area (Å²) < 4.78 is 0.810. The molecule has 0 amide bonds. The minimum absolute atomic E-state index is 0.252. The van der Waals surface area contributed by atoms with E-state index in [0.29, 0.717) is 0 Å². The number of hydrogen-bond acceptors (Lipinski definition) is 3. The van der Waals surface area contributed by atoms with Crippen LogP contribution in [0.4, 0.5) is 0 Å². The van der Waals surface area contributed by atoms with Crippen LogP contribution in [0, 0.1) is 0 Å². The zero-order valence-corrected chi connectivity index (χ0v) is 11.8. The third kappa shape index (κ3) is 3.45. The van der Waals surface area contributed by atoms with E-state index in [1.54, 1.807) is 18.3 Å². The van der Waals surface area contributed by atoms with Gasteiger partial charge in [-0.2, -0.15) is 0 Å². The second kappa shape index (κ2) is 5.50. The lowest BCUT2D eigenvalue weighted by molar-refractivity contribution is 0.0876. The van der Waals surface area contributed by atoms with Gasteiger partial charge < -0.3 is 10.4 Å². The summed E-state index contributed by atoms with van der Waals surface area (Å²) in [7, 11) is 0. The zero-order chi connectivity index (χ0) is 12.3. The molecule has 1 rings (SSSR count). The van der Waals surface area contributed by atoms with Gasteiger partial charge in [-0.3, -0.25) is 0 Å². The molecule has 92 valence electrons. The molecular formula is C12H20ClNOS. The minimum Gasteiger partial charge on any atom is -0.392 e. The molecule has 0 aromatic carbocycles. The average molecular weight is 262 g/mol. The van der Waals surface area contributed by atoms with Crippen LogP contribution in [0.25, 0.3) is 0 Å². The van der Waals surface area contributed by atoms with Gasteiger partial charge in [-0.1, -0.05) is 18.5 Å². The van der Waals surface area contributed by atoms with Gasteiger partial charge in [0.15, 0.2) is 0 Å². The molecule has 0 fully saturated rings. The van der Waals surface area contributed by atoms with Crippen LogP contribution in [0.15, 0.2) is 12.1 Å². The quantitative estimate of drug-likeness (QED) is 0.849. The van der Waals surface area contributed by atoms with E-state index in [4.69, 9.17) is 11.6 Å². The van der Waals surface area contributed by atoms with Crippen LogP contribution in [0.3, 0.4) is 0 Å². The first-order valence-electron chi connectivity index (χ1n) is 5.57. The van der Waals surface area contributed by atoms with E-state index in [9.17, 15) is 5.11 Å². The Balaban J connectivity index is 2.77. The summed E-state index contributed by atoms with van der Waals surface area (Å²) in [5, 5.41) is 13.2. The van der Waals surface area contributed by atoms with Crippen molar-refractivity contribution in [2.24, 2.45) is 0 Å². The fourth-order valence-electron chi connectivity index (χ4n) is 1.46. The van der Waals surface area contributed by atoms with E-state index in [0.717, 1.165) is 10.8 Å². The molecule has 0 radical (unpaired) electrons. The van der Waals surface area contributed by atoms with Crippen LogP contribution in [0.1, 0.15) is 45.0 Å². The highest BCUT2D eigenvalue weighted by atomic mass is 35.5. The summed E-state index contributed by atoms with van der Waals surface area (Å²) in [6.07, 6.45) is 0.587. The molecule has 0 spiro atoms. The maximum Gasteiger partial charge on any atom is 0.0931 e. The number of rotatable bonds is 5. The van der Waals surface area contributed by atoms with E-state index < -0.39 is 6.10 Å². The van der Waals surface area contributed by atoms with Crippen molar-refractivity contribution >= 4 is 22.9 Å². The molecule has 0 aliphatic carbocycles. The standard InChI is InChI=1S/C12H20ClNOS/c1-5-9(10-6-7-11(13)16-10)14-12(3,4)8(2)15/h6-9,14-15H,5H2,1-4H3. The Labute approximate surface area is 107 Å². The van der Waals surface area contributed by atoms with Crippen LogP contribution in [0.5, 0.6) is 0 Å². The predicted molar refractivity (Wildman–Crippen MR) is 71.3 cm³/mol. The van der Waals surface area contributed by atoms with Crippen molar-refractivity contribution < 1.29 is 5.11 Å². The smallest absolute Gasteiger partial charge is 0.0931 e. The second-order valence-corrected chi connectivity index (χ2v) is 6.39. The first-order valence-corrected chi connectivity index (χ1v) is 6.77. The Bertz CT molecular complexity index is 336. The lowest BCUT2D eigenvalue weighted by atomic mass is 9.96. The minimum atomic E-state index is -0.392. The van der Waals surface area contributed by atoms with Crippen LogP contribution in [-0.4, -0.2) is 16.7 Å². The van der Waals surface area contributed by atoms with Gasteiger partial charge in [-0.15, -0.1) is 11.3 Å². The molecule has 1 aromatic rings. The molecule has 1 aromatic heterocycles. The Morgan fingerprint density at radius 2 is 2.12 bits per heavy atom. The molecule has 16 heavy (non-hydrogen) atoms. The highest BCUT2D eigenvalue weighted by molar-refractivity contribution is 7.16. The first-order chi connectivity index (χ1) is 7.36. The van der Waals surface area contributed by atoms with E-state index >= 15 is 0 Å². The fourth-order valence-corrected chi connectivity index (χ4v) is 2.66. The van der Waals surface area contributed by atoms with E-state index in [2.05, 4.69) is 12.2 Å². The number of thiophene rings is 1. The van der Waals surface area contributed by atoms with E-state index in [1.165, 1.54) is 4.88 Å². The monoisotopic (exact) mass is 261 g/mol. The van der Waals surface area contributed by atoms with Gasteiger partial charge in [-0.05, 0) is 39.3 Å². The lowest BCUT2D eigenvalue weighted by Crippen LogP contribution is -2.49. The number of halogens is 1. The summed E-state index contributed by atoms with van der Waals surface area (Å²) in [5.74, 6) is 0. The maximum absolute atomic E-state index is 9.69. The number of aliphatic hydroxyl groups is 1. The molecule has 2 unspecified atom stereocenters. The largest absolute Gasteiger partial charge is 0.392 e. The average Bonchev–Trinajstić information content (AvgIpc) is 2.61. The number of hydrogen-bond donors (Lipinski definition) is 2. The van der Waals surface area contributed by atoms with Crippen molar-refractivity contribution in [3.63, 3.8) is 0 Å². The lowest BCUT2D eigenvalue weighted by Gasteiger charge is -2.33. The van der Waals surface area contributed by atoms with Gasteiger partial charge in [0.2, 0.25) is 0 Å². The maximum atomic E-state index is 9.69. The van der Waals surface area contributed by atoms with Crippen molar-refractivity contribution in [3.05, 3.63) is 21.3 Å². The summed E-state index contributed by atoms with van der Waals surface area (Å²) in [4.78, 5) is 1.22. The first kappa shape index (κ1) is 14.0. The molecule has 4 heteroatoms. The van der Waals surface area contributed by atoms with Crippen LogP contribution < -0.4 is 5.32 Å². The SMILES string of the molecule is CCC(NC(C)(C)C(C)O)c1ccc(Cl)s1. The molecule has 2 N–H and O–H groups in total. The molecule has 2 atom stereocenters. The highest BCUT2D eigenvalue weighted by Gasteiger charge is 2.27. The molecule has 0 saturated heterocycles. The normalized spacial score (nSPS) is 16.1. The van der Waals surface area contributed by atoms with E-state index in [-0.39, 0.29) is 11.6 Å². The van der Waals surface area contributed by atoms with Crippen LogP contribution in [-0.2, 0) is 0 Å². The third-order valence-electron chi connectivity index (χ3n) is 2.94. The summed E-state index contributed by atoms with van der Waals surface area (Å²) >= 11 is 7.53. The van der Waals surface area contributed by atoms with Gasteiger partial charge in [0, 0.05) is 16.5 Å². The molecule has 0 saturated carbocycles. The Morgan fingerprint density at radius 3 is 2.50 bits per heavy atom. The molecule has 1 heterocycles. The molecule has 2 nitrogen and oxygen atoms in total. The highest BCUT2D eigenvalue weighted by Crippen LogP contribution is 2.30. The molecular weight excluding hydrogens is 242 g/mol. The van der Waals surface area contributed by atoms with Crippen molar-refractivity contribution in [1.82, 2.24) is 5.32 Å². The van der Waals surface area contributed by atoms with Crippen molar-refractivity contribution in [2.45, 2.75) is 51.8 Å². The summed E-state index contributed by atoms with van der Waals surface area (Å²) in [6, 6.07) is 4.22. The van der Waals surface area contributed by atoms with Crippen molar-refractivity contribution in [3.8, 4) is 0 Å². The van der Waals surface area contributed by atoms with Crippen LogP contribution >= 0.6 is 22.9 Å². The van der Waals surface area contributed by atoms with Gasteiger partial charge in [0.25, 0.3) is 0 Å². The van der Waals surface area contributed by atoms with Crippen molar-refractivity contribution in [1.29, 1.82) is 0 Å². The summed E-state index contributed by atoms with van der Waals surface area (Å²) in [5.41, 5.74) is -0.295. The number of aliphatic hydroxyl groups excluding tert-OH is 1. The topological polar surface area (TPSA) is 32.3 Å². The van der Waals surface area contributed by atoms with Gasteiger partial charge in [0.05, 0.1) is 10.4 Å². The second-order valence-electron chi connectivity index (χ2n) is 4.64. The molecule has 0 aliphatic rings. The molecule has 0 bridgehead atoms. The fraction of sp³-hybridized carbons (Fsp3) is 0.667. The zero-order valence-electron chi connectivity index (χ0n) is 10.2. The predicted octanol–water partition coefficient (Wildman–Crippen LogP) is 3.60. The molecule has 0 aliphatic heterocycles. The third-order valence-corrected chi connectivity index (χ3v) is 4.28. The number of nitrogens with one attached hydrogen (secondary N) is 1. The van der Waals surface area contributed by atoms with Gasteiger partial charge in [-0.25, -0.2) is 0 Å². The Kier molecular flexibility index (Phi) is 4.80. The van der Waals surface area contributed by atoms with Crippen molar-refractivity contribution in [2.75, 3.05) is 0 Å². The van der Waals surface area contributed by atoms with E-state index in [1.807, 2.05) is 26.0 Å².